The molecule has 1 aromatic rings. The minimum absolute atomic E-state index is 0.201. The second-order valence-electron chi connectivity index (χ2n) is 5.33. The van der Waals surface area contributed by atoms with Crippen LogP contribution in [0.1, 0.15) is 20.8 Å². The number of halogens is 1. The van der Waals surface area contributed by atoms with E-state index in [0.29, 0.717) is 10.7 Å². The van der Waals surface area contributed by atoms with Crippen molar-refractivity contribution >= 4 is 29.2 Å². The first kappa shape index (κ1) is 19.2. The highest BCUT2D eigenvalue weighted by atomic mass is 35.5. The average molecular weight is 340 g/mol. The fourth-order valence-electron chi connectivity index (χ4n) is 1.76. The van der Waals surface area contributed by atoms with Gasteiger partial charge in [-0.2, -0.15) is 0 Å². The molecule has 0 aliphatic rings. The van der Waals surface area contributed by atoms with Crippen molar-refractivity contribution in [2.75, 3.05) is 11.9 Å². The molecule has 0 saturated heterocycles. The number of esters is 1. The number of carbonyl (C=O) groups excluding carboxylic acids is 2. The van der Waals surface area contributed by atoms with Crippen LogP contribution in [-0.4, -0.2) is 30.7 Å². The first-order valence-electron chi connectivity index (χ1n) is 7.35. The summed E-state index contributed by atoms with van der Waals surface area (Å²) in [6, 6.07) is 6.85. The third-order valence-electron chi connectivity index (χ3n) is 3.03. The Morgan fingerprint density at radius 1 is 1.30 bits per heavy atom. The zero-order chi connectivity index (χ0) is 17.4. The minimum atomic E-state index is -0.937. The molecule has 2 unspecified atom stereocenters. The van der Waals surface area contributed by atoms with Crippen molar-refractivity contribution in [1.82, 2.24) is 0 Å². The van der Waals surface area contributed by atoms with Gasteiger partial charge < -0.3 is 14.8 Å². The van der Waals surface area contributed by atoms with Crippen LogP contribution in [0.25, 0.3) is 0 Å². The molecule has 126 valence electrons. The molecule has 0 aromatic heterocycles. The van der Waals surface area contributed by atoms with E-state index < -0.39 is 24.1 Å². The molecule has 1 N–H and O–H groups in total. The molecular weight excluding hydrogens is 318 g/mol. The van der Waals surface area contributed by atoms with E-state index in [1.165, 1.54) is 6.08 Å². The highest BCUT2D eigenvalue weighted by Gasteiger charge is 2.29. The van der Waals surface area contributed by atoms with E-state index in [1.807, 2.05) is 0 Å². The van der Waals surface area contributed by atoms with Crippen LogP contribution in [0.3, 0.4) is 0 Å². The number of nitrogens with one attached hydrogen (secondary N) is 1. The molecule has 2 atom stereocenters. The standard InChI is InChI=1S/C17H22ClNO4/c1-5-10-22-12(4)17(21)23-15(11(2)3)16(20)19-14-9-7-6-8-13(14)18/h5-9,11-12,15H,1,10H2,2-4H3,(H,19,20). The summed E-state index contributed by atoms with van der Waals surface area (Å²) in [5, 5.41) is 3.09. The summed E-state index contributed by atoms with van der Waals surface area (Å²) in [6.45, 7) is 8.89. The lowest BCUT2D eigenvalue weighted by atomic mass is 10.1. The number of para-hydroxylation sites is 1. The third-order valence-corrected chi connectivity index (χ3v) is 3.36. The monoisotopic (exact) mass is 339 g/mol. The average Bonchev–Trinajstić information content (AvgIpc) is 2.51. The summed E-state index contributed by atoms with van der Waals surface area (Å²) in [4.78, 5) is 24.4. The smallest absolute Gasteiger partial charge is 0.335 e. The molecular formula is C17H22ClNO4. The van der Waals surface area contributed by atoms with Crippen molar-refractivity contribution in [3.63, 3.8) is 0 Å². The molecule has 0 aliphatic heterocycles. The zero-order valence-corrected chi connectivity index (χ0v) is 14.3. The van der Waals surface area contributed by atoms with Gasteiger partial charge in [0.15, 0.2) is 12.2 Å². The lowest BCUT2D eigenvalue weighted by molar-refractivity contribution is -0.166. The Bertz CT molecular complexity index is 559. The predicted octanol–water partition coefficient (Wildman–Crippen LogP) is 3.44. The van der Waals surface area contributed by atoms with Crippen LogP contribution in [0.15, 0.2) is 36.9 Å². The molecule has 5 nitrogen and oxygen atoms in total. The topological polar surface area (TPSA) is 64.6 Å². The maximum absolute atomic E-state index is 12.4. The molecule has 0 heterocycles. The van der Waals surface area contributed by atoms with Gasteiger partial charge in [0, 0.05) is 0 Å². The largest absolute Gasteiger partial charge is 0.450 e. The first-order chi connectivity index (χ1) is 10.9. The molecule has 0 aliphatic carbocycles. The number of hydrogen-bond donors (Lipinski definition) is 1. The van der Waals surface area contributed by atoms with E-state index in [4.69, 9.17) is 21.1 Å². The van der Waals surface area contributed by atoms with Crippen LogP contribution in [0, 0.1) is 5.92 Å². The second kappa shape index (κ2) is 9.33. The van der Waals surface area contributed by atoms with E-state index in [1.54, 1.807) is 45.0 Å². The summed E-state index contributed by atoms with van der Waals surface area (Å²) in [6.07, 6.45) is -0.177. The van der Waals surface area contributed by atoms with Gasteiger partial charge in [0.1, 0.15) is 0 Å². The van der Waals surface area contributed by atoms with Gasteiger partial charge in [0.2, 0.25) is 0 Å². The van der Waals surface area contributed by atoms with E-state index >= 15 is 0 Å². The number of hydrogen-bond acceptors (Lipinski definition) is 4. The Labute approximate surface area is 141 Å². The Balaban J connectivity index is 2.74. The van der Waals surface area contributed by atoms with Crippen LogP contribution in [-0.2, 0) is 19.1 Å². The van der Waals surface area contributed by atoms with E-state index in [2.05, 4.69) is 11.9 Å². The fourth-order valence-corrected chi connectivity index (χ4v) is 1.94. The fraction of sp³-hybridized carbons (Fsp3) is 0.412. The van der Waals surface area contributed by atoms with Crippen molar-refractivity contribution in [3.05, 3.63) is 41.9 Å². The zero-order valence-electron chi connectivity index (χ0n) is 13.5. The summed E-state index contributed by atoms with van der Waals surface area (Å²) < 4.78 is 10.5. The van der Waals surface area contributed by atoms with Gasteiger partial charge in [-0.3, -0.25) is 4.79 Å². The molecule has 1 amide bonds. The Morgan fingerprint density at radius 3 is 2.52 bits per heavy atom. The van der Waals surface area contributed by atoms with Crippen LogP contribution in [0.2, 0.25) is 5.02 Å². The van der Waals surface area contributed by atoms with Gasteiger partial charge in [0.25, 0.3) is 5.91 Å². The Morgan fingerprint density at radius 2 is 1.96 bits per heavy atom. The minimum Gasteiger partial charge on any atom is -0.450 e. The molecule has 0 bridgehead atoms. The molecule has 0 radical (unpaired) electrons. The highest BCUT2D eigenvalue weighted by molar-refractivity contribution is 6.33. The predicted molar refractivity (Wildman–Crippen MR) is 90.4 cm³/mol. The number of amides is 1. The van der Waals surface area contributed by atoms with Crippen molar-refractivity contribution in [3.8, 4) is 0 Å². The quantitative estimate of drug-likeness (QED) is 0.582. The van der Waals surface area contributed by atoms with Crippen LogP contribution >= 0.6 is 11.6 Å². The third kappa shape index (κ3) is 6.04. The number of benzene rings is 1. The number of rotatable bonds is 8. The van der Waals surface area contributed by atoms with E-state index in [9.17, 15) is 9.59 Å². The lowest BCUT2D eigenvalue weighted by Crippen LogP contribution is -2.39. The lowest BCUT2D eigenvalue weighted by Gasteiger charge is -2.22. The van der Waals surface area contributed by atoms with Gasteiger partial charge in [-0.15, -0.1) is 6.58 Å². The van der Waals surface area contributed by atoms with Crippen LogP contribution in [0.5, 0.6) is 0 Å². The molecule has 0 spiro atoms. The summed E-state index contributed by atoms with van der Waals surface area (Å²) in [7, 11) is 0. The second-order valence-corrected chi connectivity index (χ2v) is 5.74. The van der Waals surface area contributed by atoms with E-state index in [0.717, 1.165) is 0 Å². The van der Waals surface area contributed by atoms with Crippen molar-refractivity contribution in [2.45, 2.75) is 33.0 Å². The molecule has 1 aromatic carbocycles. The Kier molecular flexibility index (Phi) is 7.78. The normalized spacial score (nSPS) is 13.3. The first-order valence-corrected chi connectivity index (χ1v) is 7.73. The summed E-state index contributed by atoms with van der Waals surface area (Å²) in [5.74, 6) is -1.23. The molecule has 0 saturated carbocycles. The molecule has 23 heavy (non-hydrogen) atoms. The van der Waals surface area contributed by atoms with Crippen LogP contribution < -0.4 is 5.32 Å². The van der Waals surface area contributed by atoms with Gasteiger partial charge in [-0.05, 0) is 25.0 Å². The van der Waals surface area contributed by atoms with Crippen LogP contribution in [0.4, 0.5) is 5.69 Å². The van der Waals surface area contributed by atoms with E-state index in [-0.39, 0.29) is 12.5 Å². The van der Waals surface area contributed by atoms with Gasteiger partial charge >= 0.3 is 5.97 Å². The highest BCUT2D eigenvalue weighted by Crippen LogP contribution is 2.21. The van der Waals surface area contributed by atoms with Crippen molar-refractivity contribution < 1.29 is 19.1 Å². The maximum atomic E-state index is 12.4. The molecule has 0 fully saturated rings. The molecule has 6 heteroatoms. The maximum Gasteiger partial charge on any atom is 0.335 e. The van der Waals surface area contributed by atoms with Gasteiger partial charge in [-0.1, -0.05) is 43.7 Å². The number of ether oxygens (including phenoxy) is 2. The SMILES string of the molecule is C=CCOC(C)C(=O)OC(C(=O)Nc1ccccc1Cl)C(C)C. The van der Waals surface area contributed by atoms with Gasteiger partial charge in [-0.25, -0.2) is 4.79 Å². The summed E-state index contributed by atoms with van der Waals surface area (Å²) in [5.41, 5.74) is 0.469. The van der Waals surface area contributed by atoms with Gasteiger partial charge in [0.05, 0.1) is 17.3 Å². The summed E-state index contributed by atoms with van der Waals surface area (Å²) >= 11 is 6.01. The van der Waals surface area contributed by atoms with Crippen molar-refractivity contribution in [2.24, 2.45) is 5.92 Å². The Hall–Kier alpha value is -1.85. The number of carbonyl (C=O) groups is 2. The molecule has 1 rings (SSSR count). The van der Waals surface area contributed by atoms with Crippen molar-refractivity contribution in [1.29, 1.82) is 0 Å². The number of anilines is 1.